The van der Waals surface area contributed by atoms with Crippen LogP contribution in [0.4, 0.5) is 5.69 Å². The first-order chi connectivity index (χ1) is 14.0. The second kappa shape index (κ2) is 6.96. The number of nitrogens with zero attached hydrogens (tertiary/aromatic N) is 2. The van der Waals surface area contributed by atoms with Crippen LogP contribution in [0, 0.1) is 6.92 Å². The number of anilines is 1. The monoisotopic (exact) mass is 403 g/mol. The highest BCUT2D eigenvalue weighted by atomic mass is 35.5. The Morgan fingerprint density at radius 3 is 2.79 bits per heavy atom. The highest BCUT2D eigenvalue weighted by Gasteiger charge is 2.27. The van der Waals surface area contributed by atoms with Gasteiger partial charge in [0.2, 0.25) is 0 Å². The summed E-state index contributed by atoms with van der Waals surface area (Å²) < 4.78 is 0. The molecule has 0 atom stereocenters. The van der Waals surface area contributed by atoms with E-state index in [0.717, 1.165) is 81.9 Å². The second-order valence-electron chi connectivity index (χ2n) is 8.04. The van der Waals surface area contributed by atoms with Crippen LogP contribution in [0.2, 0.25) is 5.02 Å². The molecule has 0 spiro atoms. The van der Waals surface area contributed by atoms with E-state index >= 15 is 0 Å². The summed E-state index contributed by atoms with van der Waals surface area (Å²) in [6, 6.07) is 4.01. The van der Waals surface area contributed by atoms with Gasteiger partial charge >= 0.3 is 0 Å². The highest BCUT2D eigenvalue weighted by Crippen LogP contribution is 2.41. The summed E-state index contributed by atoms with van der Waals surface area (Å²) in [5, 5.41) is 4.15. The maximum Gasteiger partial charge on any atom is 0.167 e. The number of hydrogen-bond donors (Lipinski definition) is 1. The van der Waals surface area contributed by atoms with Crippen molar-refractivity contribution in [3.8, 4) is 11.1 Å². The lowest BCUT2D eigenvalue weighted by molar-refractivity contribution is -0.112. The molecule has 0 fully saturated rings. The number of nitrogens with one attached hydrogen (secondary N) is 1. The van der Waals surface area contributed by atoms with Gasteiger partial charge in [-0.3, -0.25) is 14.8 Å². The zero-order valence-electron chi connectivity index (χ0n) is 16.6. The lowest BCUT2D eigenvalue weighted by atomic mass is 9.94. The molecule has 3 aliphatic rings. The fourth-order valence-corrected chi connectivity index (χ4v) is 4.76. The van der Waals surface area contributed by atoms with E-state index in [1.54, 1.807) is 0 Å². The number of halogens is 1. The van der Waals surface area contributed by atoms with Gasteiger partial charge in [0.1, 0.15) is 0 Å². The number of hydrogen-bond acceptors (Lipinski definition) is 4. The zero-order chi connectivity index (χ0) is 20.1. The number of aliphatic imine (C=N–C) groups is 1. The number of pyridine rings is 1. The highest BCUT2D eigenvalue weighted by molar-refractivity contribution is 6.34. The van der Waals surface area contributed by atoms with Crippen molar-refractivity contribution < 1.29 is 4.79 Å². The van der Waals surface area contributed by atoms with Crippen molar-refractivity contribution in [2.24, 2.45) is 4.99 Å². The summed E-state index contributed by atoms with van der Waals surface area (Å²) in [4.78, 5) is 21.7. The van der Waals surface area contributed by atoms with Crippen molar-refractivity contribution in [2.45, 2.75) is 39.5 Å². The Kier molecular flexibility index (Phi) is 4.39. The van der Waals surface area contributed by atoms with Crippen LogP contribution in [-0.4, -0.2) is 23.0 Å². The molecule has 0 saturated carbocycles. The van der Waals surface area contributed by atoms with Gasteiger partial charge < -0.3 is 5.32 Å². The number of benzene rings is 1. The molecule has 5 rings (SSSR count). The normalized spacial score (nSPS) is 19.0. The minimum absolute atomic E-state index is 0.139. The van der Waals surface area contributed by atoms with Gasteiger partial charge in [-0.1, -0.05) is 11.6 Å². The largest absolute Gasteiger partial charge is 0.383 e. The molecular weight excluding hydrogens is 382 g/mol. The van der Waals surface area contributed by atoms with Crippen LogP contribution >= 0.6 is 11.6 Å². The van der Waals surface area contributed by atoms with Crippen LogP contribution in [0.15, 0.2) is 41.2 Å². The summed E-state index contributed by atoms with van der Waals surface area (Å²) in [5.41, 5.74) is 10.2. The fraction of sp³-hybridized carbons (Fsp3) is 0.292. The number of aryl methyl sites for hydroxylation is 1. The molecule has 0 saturated heterocycles. The van der Waals surface area contributed by atoms with Crippen molar-refractivity contribution >= 4 is 34.4 Å². The van der Waals surface area contributed by atoms with Gasteiger partial charge in [0.25, 0.3) is 0 Å². The standard InChI is InChI=1S/C24H22ClN3O/c1-13-6-15(11-27-13)7-19-17-10-18(21(25)8-16(17)9-23(19)29)20-12-28-22-4-3-5-26-24(22)14(20)2/h7-8,10-12,26H,3-6,9H2,1-2H3/b19-7-. The number of ketones is 1. The SMILES string of the molecule is CC1=NC=C(/C=C2\C(=O)Cc3cc(Cl)c(-c4cnc5c(c4C)NCCC5)cc32)C1. The number of allylic oxidation sites excluding steroid dienone is 3. The molecule has 1 aromatic carbocycles. The summed E-state index contributed by atoms with van der Waals surface area (Å²) in [6.45, 7) is 5.09. The van der Waals surface area contributed by atoms with Gasteiger partial charge in [0.15, 0.2) is 5.78 Å². The van der Waals surface area contributed by atoms with E-state index in [4.69, 9.17) is 11.6 Å². The van der Waals surface area contributed by atoms with E-state index in [9.17, 15) is 4.79 Å². The average Bonchev–Trinajstić information content (AvgIpc) is 3.25. The molecule has 0 unspecified atom stereocenters. The molecule has 0 bridgehead atoms. The lowest BCUT2D eigenvalue weighted by Gasteiger charge is -2.21. The van der Waals surface area contributed by atoms with E-state index in [2.05, 4.69) is 28.3 Å². The molecule has 1 aliphatic carbocycles. The Hall–Kier alpha value is -2.72. The number of rotatable bonds is 2. The van der Waals surface area contributed by atoms with Crippen molar-refractivity contribution in [1.82, 2.24) is 4.98 Å². The first-order valence-corrected chi connectivity index (χ1v) is 10.4. The fourth-order valence-electron chi connectivity index (χ4n) is 4.47. The molecule has 1 aromatic heterocycles. The Morgan fingerprint density at radius 2 is 2.00 bits per heavy atom. The van der Waals surface area contributed by atoms with E-state index < -0.39 is 0 Å². The first-order valence-electron chi connectivity index (χ1n) is 10.0. The summed E-state index contributed by atoms with van der Waals surface area (Å²) in [5.74, 6) is 0.139. The van der Waals surface area contributed by atoms with Gasteiger partial charge in [-0.2, -0.15) is 0 Å². The first kappa shape index (κ1) is 18.3. The van der Waals surface area contributed by atoms with E-state index in [-0.39, 0.29) is 5.78 Å². The molecule has 1 N–H and O–H groups in total. The summed E-state index contributed by atoms with van der Waals surface area (Å²) in [6.07, 6.45) is 9.07. The third-order valence-corrected chi connectivity index (χ3v) is 6.29. The van der Waals surface area contributed by atoms with E-state index in [0.29, 0.717) is 11.4 Å². The Morgan fingerprint density at radius 1 is 1.14 bits per heavy atom. The number of fused-ring (bicyclic) bond motifs is 2. The number of Topliss-reactive ketones (excluding diaryl/α,β-unsaturated/α-hetero) is 1. The number of carbonyl (C=O) groups excluding carboxylic acids is 1. The van der Waals surface area contributed by atoms with Crippen LogP contribution in [0.3, 0.4) is 0 Å². The van der Waals surface area contributed by atoms with Crippen LogP contribution in [0.5, 0.6) is 0 Å². The Labute approximate surface area is 175 Å². The minimum atomic E-state index is 0.139. The van der Waals surface area contributed by atoms with Crippen LogP contribution in [-0.2, 0) is 17.6 Å². The maximum absolute atomic E-state index is 12.7. The predicted octanol–water partition coefficient (Wildman–Crippen LogP) is 5.33. The average molecular weight is 404 g/mol. The Bertz CT molecular complexity index is 1160. The predicted molar refractivity (Wildman–Crippen MR) is 119 cm³/mol. The Balaban J connectivity index is 1.61. The molecule has 29 heavy (non-hydrogen) atoms. The van der Waals surface area contributed by atoms with E-state index in [1.807, 2.05) is 31.5 Å². The molecule has 2 aromatic rings. The minimum Gasteiger partial charge on any atom is -0.383 e. The van der Waals surface area contributed by atoms with Gasteiger partial charge in [0, 0.05) is 59.2 Å². The molecule has 4 nitrogen and oxygen atoms in total. The van der Waals surface area contributed by atoms with Crippen molar-refractivity contribution in [3.05, 3.63) is 63.6 Å². The van der Waals surface area contributed by atoms with Crippen LogP contribution in [0.25, 0.3) is 16.7 Å². The zero-order valence-corrected chi connectivity index (χ0v) is 17.4. The smallest absolute Gasteiger partial charge is 0.167 e. The van der Waals surface area contributed by atoms with Crippen molar-refractivity contribution in [3.63, 3.8) is 0 Å². The van der Waals surface area contributed by atoms with Crippen LogP contribution in [0.1, 0.15) is 42.1 Å². The third-order valence-electron chi connectivity index (χ3n) is 5.97. The molecular formula is C24H22ClN3O. The summed E-state index contributed by atoms with van der Waals surface area (Å²) >= 11 is 6.67. The molecule has 3 heterocycles. The number of aromatic nitrogens is 1. The van der Waals surface area contributed by atoms with Gasteiger partial charge in [-0.25, -0.2) is 0 Å². The lowest BCUT2D eigenvalue weighted by Crippen LogP contribution is -2.14. The molecule has 5 heteroatoms. The summed E-state index contributed by atoms with van der Waals surface area (Å²) in [7, 11) is 0. The molecule has 146 valence electrons. The molecule has 2 aliphatic heterocycles. The van der Waals surface area contributed by atoms with Gasteiger partial charge in [0.05, 0.1) is 11.4 Å². The third kappa shape index (κ3) is 3.12. The second-order valence-corrected chi connectivity index (χ2v) is 8.45. The van der Waals surface area contributed by atoms with Crippen LogP contribution < -0.4 is 5.32 Å². The van der Waals surface area contributed by atoms with Crippen molar-refractivity contribution in [2.75, 3.05) is 11.9 Å². The topological polar surface area (TPSA) is 54.4 Å². The maximum atomic E-state index is 12.7. The molecule has 0 radical (unpaired) electrons. The van der Waals surface area contributed by atoms with Gasteiger partial charge in [-0.15, -0.1) is 0 Å². The molecule has 0 amide bonds. The van der Waals surface area contributed by atoms with E-state index in [1.165, 1.54) is 0 Å². The number of carbonyl (C=O) groups is 1. The van der Waals surface area contributed by atoms with Gasteiger partial charge in [-0.05, 0) is 67.2 Å². The van der Waals surface area contributed by atoms with Crippen molar-refractivity contribution in [1.29, 1.82) is 0 Å². The quantitative estimate of drug-likeness (QED) is 0.690.